The number of hydrogen-bond donors (Lipinski definition) is 1. The van der Waals surface area contributed by atoms with Crippen LogP contribution in [0.1, 0.15) is 12.5 Å². The van der Waals surface area contributed by atoms with Gasteiger partial charge in [-0.25, -0.2) is 4.98 Å². The van der Waals surface area contributed by atoms with Crippen LogP contribution in [0.2, 0.25) is 0 Å². The molecule has 0 aliphatic rings. The number of ether oxygens (including phenoxy) is 1. The van der Waals surface area contributed by atoms with Gasteiger partial charge in [0.2, 0.25) is 5.91 Å². The third kappa shape index (κ3) is 5.03. The molecule has 1 N–H and O–H groups in total. The molecule has 1 heterocycles. The van der Waals surface area contributed by atoms with Crippen molar-refractivity contribution < 1.29 is 9.53 Å². The summed E-state index contributed by atoms with van der Waals surface area (Å²) in [6.07, 6.45) is 1.74. The number of benzene rings is 1. The van der Waals surface area contributed by atoms with Gasteiger partial charge >= 0.3 is 0 Å². The molecule has 22 heavy (non-hydrogen) atoms. The molecule has 116 valence electrons. The number of anilines is 1. The molecule has 2 aromatic rings. The number of aryl methyl sites for hydroxylation is 1. The van der Waals surface area contributed by atoms with Crippen molar-refractivity contribution in [3.8, 4) is 5.75 Å². The molecule has 0 radical (unpaired) electrons. The number of halogens is 1. The fraction of sp³-hybridized carbons (Fsp3) is 0.250. The molecular weight excluding hydrogens is 364 g/mol. The molecule has 0 fully saturated rings. The minimum atomic E-state index is -0.0571. The first-order valence-electron chi connectivity index (χ1n) is 6.86. The van der Waals surface area contributed by atoms with Gasteiger partial charge in [0.05, 0.1) is 17.4 Å². The van der Waals surface area contributed by atoms with Gasteiger partial charge < -0.3 is 10.1 Å². The monoisotopic (exact) mass is 380 g/mol. The zero-order chi connectivity index (χ0) is 15.9. The summed E-state index contributed by atoms with van der Waals surface area (Å²) in [5.74, 6) is 1.06. The van der Waals surface area contributed by atoms with E-state index in [0.29, 0.717) is 12.4 Å². The Balaban J connectivity index is 1.87. The summed E-state index contributed by atoms with van der Waals surface area (Å²) in [5.41, 5.74) is 1.81. The van der Waals surface area contributed by atoms with Crippen LogP contribution in [-0.4, -0.2) is 23.3 Å². The Hall–Kier alpha value is -1.53. The largest absolute Gasteiger partial charge is 0.494 e. The van der Waals surface area contributed by atoms with Gasteiger partial charge in [-0.15, -0.1) is 0 Å². The van der Waals surface area contributed by atoms with Crippen LogP contribution in [0.25, 0.3) is 0 Å². The molecule has 0 unspecified atom stereocenters. The summed E-state index contributed by atoms with van der Waals surface area (Å²) in [6.45, 7) is 4.54. The topological polar surface area (TPSA) is 51.2 Å². The van der Waals surface area contributed by atoms with Crippen LogP contribution >= 0.6 is 27.7 Å². The molecule has 6 heteroatoms. The van der Waals surface area contributed by atoms with Gasteiger partial charge in [-0.2, -0.15) is 0 Å². The zero-order valence-corrected chi connectivity index (χ0v) is 14.8. The van der Waals surface area contributed by atoms with E-state index in [9.17, 15) is 4.79 Å². The third-order valence-electron chi connectivity index (χ3n) is 2.79. The van der Waals surface area contributed by atoms with Crippen LogP contribution in [-0.2, 0) is 4.79 Å². The highest BCUT2D eigenvalue weighted by atomic mass is 79.9. The lowest BCUT2D eigenvalue weighted by atomic mass is 10.3. The first kappa shape index (κ1) is 16.8. The Kier molecular flexibility index (Phi) is 6.27. The molecular formula is C16H17BrN2O2S. The van der Waals surface area contributed by atoms with E-state index in [-0.39, 0.29) is 5.91 Å². The van der Waals surface area contributed by atoms with Crippen molar-refractivity contribution in [2.75, 3.05) is 17.7 Å². The second-order valence-electron chi connectivity index (χ2n) is 4.57. The van der Waals surface area contributed by atoms with E-state index in [4.69, 9.17) is 4.74 Å². The Bertz CT molecular complexity index is 647. The number of thioether (sulfide) groups is 1. The molecule has 0 spiro atoms. The molecule has 1 aromatic heterocycles. The van der Waals surface area contributed by atoms with Crippen LogP contribution in [0.3, 0.4) is 0 Å². The van der Waals surface area contributed by atoms with Gasteiger partial charge in [-0.1, -0.05) is 11.8 Å². The molecule has 0 saturated carbocycles. The summed E-state index contributed by atoms with van der Waals surface area (Å²) < 4.78 is 6.30. The van der Waals surface area contributed by atoms with E-state index >= 15 is 0 Å². The second kappa shape index (κ2) is 8.19. The number of rotatable bonds is 6. The number of hydrogen-bond acceptors (Lipinski definition) is 4. The lowest BCUT2D eigenvalue weighted by Gasteiger charge is -2.08. The number of pyridine rings is 1. The maximum Gasteiger partial charge on any atom is 0.234 e. The molecule has 0 atom stereocenters. The SMILES string of the molecule is CCOc1ccc(NC(=O)CSc2ncc(Br)cc2C)cc1. The third-order valence-corrected chi connectivity index (χ3v) is 4.33. The Morgan fingerprint density at radius 3 is 2.73 bits per heavy atom. The van der Waals surface area contributed by atoms with E-state index in [1.54, 1.807) is 6.20 Å². The Morgan fingerprint density at radius 1 is 1.36 bits per heavy atom. The van der Waals surface area contributed by atoms with Crippen molar-refractivity contribution in [1.82, 2.24) is 4.98 Å². The number of amides is 1. The highest BCUT2D eigenvalue weighted by Crippen LogP contribution is 2.23. The summed E-state index contributed by atoms with van der Waals surface area (Å²) in [5, 5.41) is 3.73. The van der Waals surface area contributed by atoms with Gasteiger partial charge in [0, 0.05) is 16.4 Å². The molecule has 0 saturated heterocycles. The Labute approximate surface area is 142 Å². The normalized spacial score (nSPS) is 10.3. The fourth-order valence-corrected chi connectivity index (χ4v) is 3.01. The van der Waals surface area contributed by atoms with Crippen LogP contribution in [0.5, 0.6) is 5.75 Å². The van der Waals surface area contributed by atoms with E-state index < -0.39 is 0 Å². The molecule has 0 aliphatic carbocycles. The van der Waals surface area contributed by atoms with Crippen molar-refractivity contribution in [3.05, 3.63) is 46.6 Å². The number of nitrogens with one attached hydrogen (secondary N) is 1. The lowest BCUT2D eigenvalue weighted by Crippen LogP contribution is -2.14. The van der Waals surface area contributed by atoms with E-state index in [2.05, 4.69) is 26.2 Å². The average molecular weight is 381 g/mol. The predicted molar refractivity (Wildman–Crippen MR) is 93.6 cm³/mol. The number of nitrogens with zero attached hydrogens (tertiary/aromatic N) is 1. The van der Waals surface area contributed by atoms with Crippen molar-refractivity contribution >= 4 is 39.3 Å². The zero-order valence-electron chi connectivity index (χ0n) is 12.4. The van der Waals surface area contributed by atoms with Gasteiger partial charge in [0.25, 0.3) is 0 Å². The number of carbonyl (C=O) groups excluding carboxylic acids is 1. The minimum Gasteiger partial charge on any atom is -0.494 e. The van der Waals surface area contributed by atoms with Crippen molar-refractivity contribution in [2.45, 2.75) is 18.9 Å². The maximum atomic E-state index is 12.0. The standard InChI is InChI=1S/C16H17BrN2O2S/c1-3-21-14-6-4-13(5-7-14)19-15(20)10-22-16-11(2)8-12(17)9-18-16/h4-9H,3,10H2,1-2H3,(H,19,20). The molecule has 0 aliphatic heterocycles. The number of aromatic nitrogens is 1. The van der Waals surface area contributed by atoms with Crippen LogP contribution < -0.4 is 10.1 Å². The second-order valence-corrected chi connectivity index (χ2v) is 6.45. The fourth-order valence-electron chi connectivity index (χ4n) is 1.81. The number of carbonyl (C=O) groups is 1. The summed E-state index contributed by atoms with van der Waals surface area (Å²) in [6, 6.07) is 9.33. The van der Waals surface area contributed by atoms with Gasteiger partial charge in [0.1, 0.15) is 5.75 Å². The van der Waals surface area contributed by atoms with Crippen LogP contribution in [0.15, 0.2) is 46.0 Å². The summed E-state index contributed by atoms with van der Waals surface area (Å²) in [7, 11) is 0. The van der Waals surface area contributed by atoms with Gasteiger partial charge in [-0.05, 0) is 65.7 Å². The predicted octanol–water partition coefficient (Wildman–Crippen LogP) is 4.28. The quantitative estimate of drug-likeness (QED) is 0.759. The minimum absolute atomic E-state index is 0.0571. The van der Waals surface area contributed by atoms with Crippen molar-refractivity contribution in [2.24, 2.45) is 0 Å². The highest BCUT2D eigenvalue weighted by Gasteiger charge is 2.07. The Morgan fingerprint density at radius 2 is 2.09 bits per heavy atom. The summed E-state index contributed by atoms with van der Waals surface area (Å²) >= 11 is 4.80. The van der Waals surface area contributed by atoms with E-state index in [1.165, 1.54) is 11.8 Å². The van der Waals surface area contributed by atoms with Crippen LogP contribution in [0.4, 0.5) is 5.69 Å². The highest BCUT2D eigenvalue weighted by molar-refractivity contribution is 9.10. The van der Waals surface area contributed by atoms with E-state index in [0.717, 1.165) is 26.5 Å². The van der Waals surface area contributed by atoms with Crippen molar-refractivity contribution in [3.63, 3.8) is 0 Å². The first-order valence-corrected chi connectivity index (χ1v) is 8.64. The first-order chi connectivity index (χ1) is 10.6. The van der Waals surface area contributed by atoms with Gasteiger partial charge in [0.15, 0.2) is 0 Å². The van der Waals surface area contributed by atoms with E-state index in [1.807, 2.05) is 44.2 Å². The average Bonchev–Trinajstić information content (AvgIpc) is 2.49. The molecule has 0 bridgehead atoms. The van der Waals surface area contributed by atoms with Crippen LogP contribution in [0, 0.1) is 6.92 Å². The lowest BCUT2D eigenvalue weighted by molar-refractivity contribution is -0.113. The summed E-state index contributed by atoms with van der Waals surface area (Å²) in [4.78, 5) is 16.3. The molecule has 4 nitrogen and oxygen atoms in total. The molecule has 1 aromatic carbocycles. The maximum absolute atomic E-state index is 12.0. The molecule has 2 rings (SSSR count). The van der Waals surface area contributed by atoms with Gasteiger partial charge in [-0.3, -0.25) is 4.79 Å². The molecule has 1 amide bonds. The van der Waals surface area contributed by atoms with Crippen molar-refractivity contribution in [1.29, 1.82) is 0 Å². The smallest absolute Gasteiger partial charge is 0.234 e.